The maximum absolute atomic E-state index is 12.3. The fourth-order valence-electron chi connectivity index (χ4n) is 1.90. The van der Waals surface area contributed by atoms with E-state index in [4.69, 9.17) is 0 Å². The average molecular weight is 354 g/mol. The number of hydrogen-bond acceptors (Lipinski definition) is 2. The van der Waals surface area contributed by atoms with Crippen molar-refractivity contribution in [3.8, 4) is 0 Å². The van der Waals surface area contributed by atoms with Gasteiger partial charge in [-0.25, -0.2) is 8.42 Å². The normalized spacial score (nSPS) is 11.3. The molecule has 0 atom stereocenters. The standard InChI is InChI=1S/C15H16BrNO2S/c1-2-5-12-8-10-13(11-9-12)17-20(18,19)15-7-4-3-6-14(15)16/h3-4,6-11,17H,2,5H2,1H3. The Kier molecular flexibility index (Phi) is 4.83. The molecule has 0 spiro atoms. The third kappa shape index (κ3) is 3.61. The van der Waals surface area contributed by atoms with Crippen LogP contribution in [-0.4, -0.2) is 8.42 Å². The molecule has 0 saturated heterocycles. The van der Waals surface area contributed by atoms with Crippen molar-refractivity contribution in [2.24, 2.45) is 0 Å². The molecule has 0 aliphatic rings. The third-order valence-corrected chi connectivity index (χ3v) is 5.26. The smallest absolute Gasteiger partial charge is 0.263 e. The molecule has 0 aliphatic heterocycles. The van der Waals surface area contributed by atoms with Crippen LogP contribution in [-0.2, 0) is 16.4 Å². The third-order valence-electron chi connectivity index (χ3n) is 2.87. The van der Waals surface area contributed by atoms with Gasteiger partial charge in [0.05, 0.1) is 0 Å². The van der Waals surface area contributed by atoms with E-state index in [-0.39, 0.29) is 4.90 Å². The van der Waals surface area contributed by atoms with E-state index in [1.807, 2.05) is 12.1 Å². The molecule has 0 fully saturated rings. The van der Waals surface area contributed by atoms with Crippen molar-refractivity contribution in [1.82, 2.24) is 0 Å². The summed E-state index contributed by atoms with van der Waals surface area (Å²) in [6.07, 6.45) is 2.07. The minimum atomic E-state index is -3.57. The van der Waals surface area contributed by atoms with E-state index in [1.54, 1.807) is 36.4 Å². The number of nitrogens with one attached hydrogen (secondary N) is 1. The van der Waals surface area contributed by atoms with Crippen LogP contribution in [0.1, 0.15) is 18.9 Å². The summed E-state index contributed by atoms with van der Waals surface area (Å²) in [5, 5.41) is 0. The maximum atomic E-state index is 12.3. The van der Waals surface area contributed by atoms with E-state index in [0.29, 0.717) is 10.2 Å². The zero-order valence-corrected chi connectivity index (χ0v) is 13.5. The zero-order valence-electron chi connectivity index (χ0n) is 11.1. The molecule has 0 unspecified atom stereocenters. The summed E-state index contributed by atoms with van der Waals surface area (Å²) in [5.74, 6) is 0. The first-order valence-corrected chi connectivity index (χ1v) is 8.67. The predicted octanol–water partition coefficient (Wildman–Crippen LogP) is 4.20. The molecule has 0 heterocycles. The van der Waals surface area contributed by atoms with Crippen molar-refractivity contribution in [3.05, 3.63) is 58.6 Å². The summed E-state index contributed by atoms with van der Waals surface area (Å²) < 4.78 is 27.7. The summed E-state index contributed by atoms with van der Waals surface area (Å²) in [7, 11) is -3.57. The number of rotatable bonds is 5. The Balaban J connectivity index is 2.22. The minimum absolute atomic E-state index is 0.234. The molecule has 0 bridgehead atoms. The molecular formula is C15H16BrNO2S. The second kappa shape index (κ2) is 6.41. The molecule has 20 heavy (non-hydrogen) atoms. The lowest BCUT2D eigenvalue weighted by atomic mass is 10.1. The zero-order chi connectivity index (χ0) is 14.6. The first-order chi connectivity index (χ1) is 9.53. The molecular weight excluding hydrogens is 338 g/mol. The SMILES string of the molecule is CCCc1ccc(NS(=O)(=O)c2ccccc2Br)cc1. The van der Waals surface area contributed by atoms with Crippen molar-refractivity contribution in [1.29, 1.82) is 0 Å². The van der Waals surface area contributed by atoms with Gasteiger partial charge >= 0.3 is 0 Å². The highest BCUT2D eigenvalue weighted by Gasteiger charge is 2.16. The van der Waals surface area contributed by atoms with Crippen molar-refractivity contribution in [3.63, 3.8) is 0 Å². The van der Waals surface area contributed by atoms with Gasteiger partial charge in [-0.15, -0.1) is 0 Å². The summed E-state index contributed by atoms with van der Waals surface area (Å²) in [5.41, 5.74) is 1.77. The quantitative estimate of drug-likeness (QED) is 0.875. The second-order valence-corrected chi connectivity index (χ2v) is 6.99. The number of aryl methyl sites for hydroxylation is 1. The Hall–Kier alpha value is -1.33. The lowest BCUT2D eigenvalue weighted by Crippen LogP contribution is -2.13. The summed E-state index contributed by atoms with van der Waals surface area (Å²) >= 11 is 3.26. The molecule has 2 aromatic carbocycles. The number of halogens is 1. The van der Waals surface area contributed by atoms with Gasteiger partial charge in [0.2, 0.25) is 0 Å². The van der Waals surface area contributed by atoms with Gasteiger partial charge < -0.3 is 0 Å². The second-order valence-electron chi connectivity index (χ2n) is 4.48. The number of sulfonamides is 1. The average Bonchev–Trinajstić information content (AvgIpc) is 2.41. The molecule has 0 amide bonds. The van der Waals surface area contributed by atoms with Crippen LogP contribution >= 0.6 is 15.9 Å². The molecule has 1 N–H and O–H groups in total. The molecule has 0 aromatic heterocycles. The highest BCUT2D eigenvalue weighted by atomic mass is 79.9. The Morgan fingerprint density at radius 2 is 1.70 bits per heavy atom. The van der Waals surface area contributed by atoms with Gasteiger partial charge in [0, 0.05) is 10.2 Å². The van der Waals surface area contributed by atoms with E-state index in [1.165, 1.54) is 5.56 Å². The van der Waals surface area contributed by atoms with Gasteiger partial charge in [-0.05, 0) is 52.2 Å². The van der Waals surface area contributed by atoms with Crippen molar-refractivity contribution in [2.75, 3.05) is 4.72 Å². The van der Waals surface area contributed by atoms with E-state index >= 15 is 0 Å². The van der Waals surface area contributed by atoms with Gasteiger partial charge in [0.15, 0.2) is 0 Å². The summed E-state index contributed by atoms with van der Waals surface area (Å²) in [6.45, 7) is 2.11. The lowest BCUT2D eigenvalue weighted by Gasteiger charge is -2.10. The highest BCUT2D eigenvalue weighted by Crippen LogP contribution is 2.23. The van der Waals surface area contributed by atoms with Gasteiger partial charge in [0.25, 0.3) is 10.0 Å². The van der Waals surface area contributed by atoms with Crippen LogP contribution in [0.25, 0.3) is 0 Å². The maximum Gasteiger partial charge on any atom is 0.263 e. The van der Waals surface area contributed by atoms with E-state index in [0.717, 1.165) is 12.8 Å². The van der Waals surface area contributed by atoms with Crippen LogP contribution in [0.5, 0.6) is 0 Å². The highest BCUT2D eigenvalue weighted by molar-refractivity contribution is 9.10. The molecule has 0 aliphatic carbocycles. The largest absolute Gasteiger partial charge is 0.280 e. The fourth-order valence-corrected chi connectivity index (χ4v) is 3.96. The van der Waals surface area contributed by atoms with Crippen LogP contribution in [0.2, 0.25) is 0 Å². The number of anilines is 1. The lowest BCUT2D eigenvalue weighted by molar-refractivity contribution is 0.601. The van der Waals surface area contributed by atoms with E-state index in [2.05, 4.69) is 27.6 Å². The minimum Gasteiger partial charge on any atom is -0.280 e. The van der Waals surface area contributed by atoms with Crippen molar-refractivity contribution >= 4 is 31.6 Å². The fraction of sp³-hybridized carbons (Fsp3) is 0.200. The molecule has 0 radical (unpaired) electrons. The predicted molar refractivity (Wildman–Crippen MR) is 85.4 cm³/mol. The Labute approximate surface area is 128 Å². The van der Waals surface area contributed by atoms with Crippen LogP contribution < -0.4 is 4.72 Å². The van der Waals surface area contributed by atoms with Crippen LogP contribution in [0.3, 0.4) is 0 Å². The van der Waals surface area contributed by atoms with Crippen molar-refractivity contribution in [2.45, 2.75) is 24.7 Å². The molecule has 3 nitrogen and oxygen atoms in total. The van der Waals surface area contributed by atoms with Crippen LogP contribution in [0.15, 0.2) is 57.9 Å². The first kappa shape index (κ1) is 15.1. The van der Waals surface area contributed by atoms with Crippen LogP contribution in [0, 0.1) is 0 Å². The first-order valence-electron chi connectivity index (χ1n) is 6.39. The van der Waals surface area contributed by atoms with E-state index in [9.17, 15) is 8.42 Å². The van der Waals surface area contributed by atoms with Gasteiger partial charge in [-0.3, -0.25) is 4.72 Å². The Morgan fingerprint density at radius 3 is 2.30 bits per heavy atom. The van der Waals surface area contributed by atoms with Crippen LogP contribution in [0.4, 0.5) is 5.69 Å². The van der Waals surface area contributed by atoms with Crippen molar-refractivity contribution < 1.29 is 8.42 Å². The molecule has 2 rings (SSSR count). The number of benzene rings is 2. The summed E-state index contributed by atoms with van der Waals surface area (Å²) in [6, 6.07) is 14.2. The topological polar surface area (TPSA) is 46.2 Å². The Bertz CT molecular complexity index is 681. The van der Waals surface area contributed by atoms with Gasteiger partial charge in [-0.1, -0.05) is 37.6 Å². The molecule has 2 aromatic rings. The molecule has 0 saturated carbocycles. The monoisotopic (exact) mass is 353 g/mol. The molecule has 5 heteroatoms. The van der Waals surface area contributed by atoms with Gasteiger partial charge in [-0.2, -0.15) is 0 Å². The Morgan fingerprint density at radius 1 is 1.05 bits per heavy atom. The van der Waals surface area contributed by atoms with E-state index < -0.39 is 10.0 Å². The molecule has 106 valence electrons. The summed E-state index contributed by atoms with van der Waals surface area (Å²) in [4.78, 5) is 0.234. The number of hydrogen-bond donors (Lipinski definition) is 1. The van der Waals surface area contributed by atoms with Gasteiger partial charge in [0.1, 0.15) is 4.90 Å².